The molecule has 6 heteroatoms. The van der Waals surface area contributed by atoms with Gasteiger partial charge in [-0.15, -0.1) is 0 Å². The van der Waals surface area contributed by atoms with Gasteiger partial charge in [-0.05, 0) is 36.5 Å². The minimum absolute atomic E-state index is 0.664. The topological polar surface area (TPSA) is 55.1 Å². The summed E-state index contributed by atoms with van der Waals surface area (Å²) in [5.41, 5.74) is 4.39. The molecule has 0 amide bonds. The van der Waals surface area contributed by atoms with E-state index >= 15 is 0 Å². The van der Waals surface area contributed by atoms with Crippen molar-refractivity contribution in [3.8, 4) is 0 Å². The van der Waals surface area contributed by atoms with E-state index in [2.05, 4.69) is 49.2 Å². The highest BCUT2D eigenvalue weighted by Gasteiger charge is 2.23. The van der Waals surface area contributed by atoms with Gasteiger partial charge in [-0.25, -0.2) is 9.97 Å². The molecule has 0 aromatic carbocycles. The van der Waals surface area contributed by atoms with Gasteiger partial charge in [-0.2, -0.15) is 0 Å². The summed E-state index contributed by atoms with van der Waals surface area (Å²) in [6, 6.07) is 6.23. The van der Waals surface area contributed by atoms with E-state index in [1.807, 2.05) is 13.9 Å². The Bertz CT molecular complexity index is 794. The second-order valence-electron chi connectivity index (χ2n) is 5.63. The zero-order valence-electron chi connectivity index (χ0n) is 12.0. The van der Waals surface area contributed by atoms with Gasteiger partial charge < -0.3 is 9.72 Å². The maximum atomic E-state index is 4.63. The van der Waals surface area contributed by atoms with E-state index in [1.54, 1.807) is 6.33 Å². The second kappa shape index (κ2) is 4.88. The van der Waals surface area contributed by atoms with Crippen LogP contribution in [0.4, 0.5) is 5.82 Å². The van der Waals surface area contributed by atoms with Crippen LogP contribution in [0.15, 0.2) is 36.9 Å². The molecule has 4 rings (SSSR count). The number of pyridine rings is 1. The molecule has 0 radical (unpaired) electrons. The number of fused-ring (bicyclic) bond motifs is 1. The van der Waals surface area contributed by atoms with E-state index in [0.29, 0.717) is 6.54 Å². The normalized spacial score (nSPS) is 14.5. The van der Waals surface area contributed by atoms with Crippen LogP contribution >= 0.6 is 0 Å². The third-order valence-electron chi connectivity index (χ3n) is 3.83. The Morgan fingerprint density at radius 2 is 2.14 bits per heavy atom. The molecule has 1 saturated carbocycles. The Balaban J connectivity index is 1.53. The maximum absolute atomic E-state index is 4.63. The molecule has 1 N–H and O–H groups in total. The minimum atomic E-state index is 0.664. The van der Waals surface area contributed by atoms with Gasteiger partial charge in [-0.1, -0.05) is 6.07 Å². The van der Waals surface area contributed by atoms with Gasteiger partial charge in [0.2, 0.25) is 0 Å². The SMILES string of the molecule is Bc1cc(NCc2cn3cc(C4CC4)ccc3n2)ncn1. The third-order valence-corrected chi connectivity index (χ3v) is 3.83. The number of anilines is 1. The fraction of sp³-hybridized carbons (Fsp3) is 0.267. The Kier molecular flexibility index (Phi) is 2.87. The van der Waals surface area contributed by atoms with Crippen LogP contribution in [0.25, 0.3) is 5.65 Å². The molecule has 1 fully saturated rings. The molecule has 0 spiro atoms. The summed E-state index contributed by atoms with van der Waals surface area (Å²) in [4.78, 5) is 12.9. The van der Waals surface area contributed by atoms with Crippen molar-refractivity contribution < 1.29 is 0 Å². The molecule has 3 heterocycles. The third kappa shape index (κ3) is 2.61. The highest BCUT2D eigenvalue weighted by atomic mass is 15.0. The van der Waals surface area contributed by atoms with E-state index in [9.17, 15) is 0 Å². The Morgan fingerprint density at radius 3 is 2.95 bits per heavy atom. The number of imidazole rings is 1. The quantitative estimate of drug-likeness (QED) is 0.719. The first-order valence-electron chi connectivity index (χ1n) is 7.28. The molecular weight excluding hydrogens is 261 g/mol. The Morgan fingerprint density at radius 1 is 1.24 bits per heavy atom. The molecule has 0 unspecified atom stereocenters. The lowest BCUT2D eigenvalue weighted by molar-refractivity contribution is 1.04. The van der Waals surface area contributed by atoms with Crippen molar-refractivity contribution in [1.29, 1.82) is 0 Å². The van der Waals surface area contributed by atoms with Gasteiger partial charge in [-0.3, -0.25) is 4.98 Å². The number of rotatable bonds is 4. The first-order valence-corrected chi connectivity index (χ1v) is 7.28. The number of nitrogens with one attached hydrogen (secondary N) is 1. The average Bonchev–Trinajstić information content (AvgIpc) is 3.25. The van der Waals surface area contributed by atoms with Gasteiger partial charge in [0, 0.05) is 18.0 Å². The smallest absolute Gasteiger partial charge is 0.164 e. The van der Waals surface area contributed by atoms with E-state index in [-0.39, 0.29) is 0 Å². The molecule has 1 aliphatic rings. The first-order chi connectivity index (χ1) is 10.3. The predicted octanol–water partition coefficient (Wildman–Crippen LogP) is 0.872. The number of nitrogens with zero attached hydrogens (tertiary/aromatic N) is 4. The minimum Gasteiger partial charge on any atom is -0.364 e. The van der Waals surface area contributed by atoms with Gasteiger partial charge in [0.1, 0.15) is 17.8 Å². The van der Waals surface area contributed by atoms with Crippen LogP contribution in [0, 0.1) is 0 Å². The predicted molar refractivity (Wildman–Crippen MR) is 84.7 cm³/mol. The number of hydrogen-bond donors (Lipinski definition) is 1. The monoisotopic (exact) mass is 277 g/mol. The van der Waals surface area contributed by atoms with Crippen LogP contribution < -0.4 is 10.9 Å². The molecule has 1 aliphatic carbocycles. The number of hydrogen-bond acceptors (Lipinski definition) is 4. The largest absolute Gasteiger partial charge is 0.364 e. The lowest BCUT2D eigenvalue weighted by Crippen LogP contribution is -2.11. The van der Waals surface area contributed by atoms with Crippen LogP contribution in [0.2, 0.25) is 0 Å². The van der Waals surface area contributed by atoms with Gasteiger partial charge >= 0.3 is 0 Å². The van der Waals surface area contributed by atoms with Crippen LogP contribution in [-0.4, -0.2) is 27.2 Å². The summed E-state index contributed by atoms with van der Waals surface area (Å²) in [7, 11) is 1.96. The van der Waals surface area contributed by atoms with Crippen LogP contribution in [-0.2, 0) is 6.54 Å². The summed E-state index contributed by atoms with van der Waals surface area (Å²) in [6.45, 7) is 0.664. The van der Waals surface area contributed by atoms with Crippen molar-refractivity contribution in [2.75, 3.05) is 5.32 Å². The summed E-state index contributed by atoms with van der Waals surface area (Å²) in [5, 5.41) is 3.29. The lowest BCUT2D eigenvalue weighted by atomic mass is 10.1. The molecule has 0 aliphatic heterocycles. The second-order valence-corrected chi connectivity index (χ2v) is 5.63. The molecule has 104 valence electrons. The molecule has 3 aromatic heterocycles. The van der Waals surface area contributed by atoms with Crippen molar-refractivity contribution in [1.82, 2.24) is 19.4 Å². The molecule has 21 heavy (non-hydrogen) atoms. The zero-order valence-corrected chi connectivity index (χ0v) is 12.0. The van der Waals surface area contributed by atoms with E-state index in [0.717, 1.165) is 28.7 Å². The summed E-state index contributed by atoms with van der Waals surface area (Å²) >= 11 is 0. The van der Waals surface area contributed by atoms with Gasteiger partial charge in [0.15, 0.2) is 7.85 Å². The highest BCUT2D eigenvalue weighted by Crippen LogP contribution is 2.39. The Labute approximate surface area is 123 Å². The fourth-order valence-corrected chi connectivity index (χ4v) is 2.54. The van der Waals surface area contributed by atoms with Gasteiger partial charge in [0.25, 0.3) is 0 Å². The fourth-order valence-electron chi connectivity index (χ4n) is 2.54. The highest BCUT2D eigenvalue weighted by molar-refractivity contribution is 6.30. The first kappa shape index (κ1) is 12.4. The van der Waals surface area contributed by atoms with Crippen molar-refractivity contribution in [3.63, 3.8) is 0 Å². The maximum Gasteiger partial charge on any atom is 0.164 e. The van der Waals surface area contributed by atoms with Crippen molar-refractivity contribution in [2.45, 2.75) is 25.3 Å². The van der Waals surface area contributed by atoms with Crippen molar-refractivity contribution >= 4 is 24.9 Å². The molecule has 0 saturated heterocycles. The van der Waals surface area contributed by atoms with E-state index in [4.69, 9.17) is 0 Å². The lowest BCUT2D eigenvalue weighted by Gasteiger charge is -2.02. The number of aromatic nitrogens is 4. The zero-order chi connectivity index (χ0) is 14.2. The van der Waals surface area contributed by atoms with Crippen LogP contribution in [0.3, 0.4) is 0 Å². The standard InChI is InChI=1S/C15H16BN5/c16-13-5-14(19-9-18-13)17-6-12-8-21-7-11(10-1-2-10)3-4-15(21)20-12/h3-5,7-10H,1-2,6,16H2,(H,17,18,19). The van der Waals surface area contributed by atoms with Crippen LogP contribution in [0.5, 0.6) is 0 Å². The van der Waals surface area contributed by atoms with E-state index in [1.165, 1.54) is 18.4 Å². The molecule has 3 aromatic rings. The molecule has 5 nitrogen and oxygen atoms in total. The Hall–Kier alpha value is -2.37. The van der Waals surface area contributed by atoms with Crippen molar-refractivity contribution in [3.05, 3.63) is 48.2 Å². The van der Waals surface area contributed by atoms with Crippen LogP contribution in [0.1, 0.15) is 30.0 Å². The van der Waals surface area contributed by atoms with Gasteiger partial charge in [0.05, 0.1) is 12.2 Å². The summed E-state index contributed by atoms with van der Waals surface area (Å²) < 4.78 is 2.12. The summed E-state index contributed by atoms with van der Waals surface area (Å²) in [6.07, 6.45) is 8.51. The van der Waals surface area contributed by atoms with E-state index < -0.39 is 0 Å². The van der Waals surface area contributed by atoms with Crippen molar-refractivity contribution in [2.24, 2.45) is 0 Å². The molecular formula is C15H16BN5. The summed E-state index contributed by atoms with van der Waals surface area (Å²) in [5.74, 6) is 1.60. The molecule has 0 atom stereocenters. The average molecular weight is 277 g/mol. The molecule has 0 bridgehead atoms.